The number of nitrogens with zero attached hydrogens (tertiary/aromatic N) is 1. The summed E-state index contributed by atoms with van der Waals surface area (Å²) in [7, 11) is 0.680. The summed E-state index contributed by atoms with van der Waals surface area (Å²) in [5.41, 5.74) is 1.01. The Morgan fingerprint density at radius 1 is 1.40 bits per heavy atom. The molecular weight excluding hydrogens is 212 g/mol. The van der Waals surface area contributed by atoms with Gasteiger partial charge in [-0.3, -0.25) is 0 Å². The van der Waals surface area contributed by atoms with E-state index < -0.39 is 9.92 Å². The summed E-state index contributed by atoms with van der Waals surface area (Å²) in [4.78, 5) is 0. The van der Waals surface area contributed by atoms with Crippen molar-refractivity contribution < 1.29 is 8.95 Å². The second kappa shape index (κ2) is 4.63. The molecular formula is C10H16N2O2S. The maximum absolute atomic E-state index is 11.4. The number of ether oxygens (including phenoxy) is 1. The van der Waals surface area contributed by atoms with Crippen LogP contribution >= 0.6 is 0 Å². The largest absolute Gasteiger partial charge is 0.497 e. The minimum Gasteiger partial charge on any atom is -0.497 e. The van der Waals surface area contributed by atoms with Gasteiger partial charge in [0.1, 0.15) is 15.7 Å². The molecule has 1 rings (SSSR count). The Balaban J connectivity index is 2.74. The third-order valence-electron chi connectivity index (χ3n) is 2.16. The fourth-order valence-electron chi connectivity index (χ4n) is 1.11. The molecule has 0 aliphatic rings. The Morgan fingerprint density at radius 3 is 2.33 bits per heavy atom. The van der Waals surface area contributed by atoms with Crippen LogP contribution in [0.15, 0.2) is 24.3 Å². The molecule has 0 amide bonds. The lowest BCUT2D eigenvalue weighted by Gasteiger charge is -2.16. The topological polar surface area (TPSA) is 53.4 Å². The minimum atomic E-state index is -2.61. The van der Waals surface area contributed by atoms with Crippen molar-refractivity contribution in [3.8, 4) is 5.75 Å². The molecule has 0 saturated carbocycles. The fourth-order valence-corrected chi connectivity index (χ4v) is 1.51. The monoisotopic (exact) mass is 228 g/mol. The Morgan fingerprint density at radius 2 is 1.93 bits per heavy atom. The average Bonchev–Trinajstić information content (AvgIpc) is 2.17. The van der Waals surface area contributed by atoms with E-state index in [9.17, 15) is 4.21 Å². The molecule has 0 fully saturated rings. The average molecular weight is 228 g/mol. The number of hydrogen-bond acceptors (Lipinski definition) is 3. The highest BCUT2D eigenvalue weighted by atomic mass is 32.2. The highest BCUT2D eigenvalue weighted by Gasteiger charge is 2.07. The van der Waals surface area contributed by atoms with Gasteiger partial charge in [-0.25, -0.2) is 13.3 Å². The van der Waals surface area contributed by atoms with Gasteiger partial charge in [-0.2, -0.15) is 0 Å². The SMILES string of the molecule is COc1ccc(CN(C)S(C)(=N)=O)cc1. The third kappa shape index (κ3) is 3.53. The van der Waals surface area contributed by atoms with E-state index in [0.29, 0.717) is 6.54 Å². The molecule has 1 N–H and O–H groups in total. The normalized spacial score (nSPS) is 14.9. The van der Waals surface area contributed by atoms with Crippen LogP contribution in [0, 0.1) is 4.78 Å². The van der Waals surface area contributed by atoms with E-state index >= 15 is 0 Å². The zero-order valence-electron chi connectivity index (χ0n) is 9.19. The first-order chi connectivity index (χ1) is 6.93. The van der Waals surface area contributed by atoms with Crippen molar-refractivity contribution in [2.24, 2.45) is 0 Å². The maximum atomic E-state index is 11.4. The van der Waals surface area contributed by atoms with E-state index in [-0.39, 0.29) is 0 Å². The second-order valence-electron chi connectivity index (χ2n) is 3.44. The molecule has 84 valence electrons. The lowest BCUT2D eigenvalue weighted by molar-refractivity contribution is 0.414. The standard InChI is InChI=1S/C10H16N2O2S/c1-12(15(3,11)13)8-9-4-6-10(14-2)7-5-9/h4-7,11H,8H2,1-3H3. The van der Waals surface area contributed by atoms with Crippen LogP contribution < -0.4 is 4.74 Å². The van der Waals surface area contributed by atoms with Gasteiger partial charge in [0.2, 0.25) is 0 Å². The molecule has 1 aromatic rings. The van der Waals surface area contributed by atoms with E-state index in [1.165, 1.54) is 10.6 Å². The summed E-state index contributed by atoms with van der Waals surface area (Å²) >= 11 is 0. The Kier molecular flexibility index (Phi) is 3.71. The first-order valence-electron chi connectivity index (χ1n) is 4.51. The Bertz CT molecular complexity index is 412. The maximum Gasteiger partial charge on any atom is 0.118 e. The summed E-state index contributed by atoms with van der Waals surface area (Å²) < 4.78 is 25.3. The van der Waals surface area contributed by atoms with Crippen LogP contribution in [0.25, 0.3) is 0 Å². The number of hydrogen-bond donors (Lipinski definition) is 1. The predicted octanol–water partition coefficient (Wildman–Crippen LogP) is 1.72. The number of benzene rings is 1. The van der Waals surface area contributed by atoms with E-state index in [1.807, 2.05) is 24.3 Å². The van der Waals surface area contributed by atoms with Crippen molar-refractivity contribution in [1.82, 2.24) is 4.31 Å². The first-order valence-corrected chi connectivity index (χ1v) is 6.44. The van der Waals surface area contributed by atoms with Crippen molar-refractivity contribution in [2.45, 2.75) is 6.54 Å². The van der Waals surface area contributed by atoms with Gasteiger partial charge in [0.15, 0.2) is 0 Å². The van der Waals surface area contributed by atoms with Gasteiger partial charge in [0.05, 0.1) is 7.11 Å². The van der Waals surface area contributed by atoms with Crippen LogP contribution in [0.3, 0.4) is 0 Å². The van der Waals surface area contributed by atoms with E-state index in [1.54, 1.807) is 14.2 Å². The van der Waals surface area contributed by atoms with Crippen LogP contribution in [0.1, 0.15) is 5.56 Å². The van der Waals surface area contributed by atoms with Crippen molar-refractivity contribution >= 4 is 9.92 Å². The molecule has 15 heavy (non-hydrogen) atoms. The van der Waals surface area contributed by atoms with E-state index in [2.05, 4.69) is 0 Å². The molecule has 1 unspecified atom stereocenters. The molecule has 0 spiro atoms. The quantitative estimate of drug-likeness (QED) is 0.853. The van der Waals surface area contributed by atoms with Crippen LogP contribution in [0.5, 0.6) is 5.75 Å². The highest BCUT2D eigenvalue weighted by Crippen LogP contribution is 2.13. The third-order valence-corrected chi connectivity index (χ3v) is 3.48. The summed E-state index contributed by atoms with van der Waals surface area (Å²) in [5, 5.41) is 0. The van der Waals surface area contributed by atoms with Crippen molar-refractivity contribution in [3.05, 3.63) is 29.8 Å². The van der Waals surface area contributed by atoms with E-state index in [0.717, 1.165) is 11.3 Å². The summed E-state index contributed by atoms with van der Waals surface area (Å²) in [5.74, 6) is 0.796. The van der Waals surface area contributed by atoms with Crippen LogP contribution in [0.4, 0.5) is 0 Å². The Labute approximate surface area is 91.0 Å². The van der Waals surface area contributed by atoms with Crippen molar-refractivity contribution in [2.75, 3.05) is 20.4 Å². The van der Waals surface area contributed by atoms with Gasteiger partial charge in [-0.1, -0.05) is 12.1 Å². The summed E-state index contributed by atoms with van der Waals surface area (Å²) in [6, 6.07) is 7.51. The van der Waals surface area contributed by atoms with Gasteiger partial charge >= 0.3 is 0 Å². The van der Waals surface area contributed by atoms with Gasteiger partial charge < -0.3 is 4.74 Å². The van der Waals surface area contributed by atoms with Gasteiger partial charge in [0, 0.05) is 19.8 Å². The zero-order valence-corrected chi connectivity index (χ0v) is 10.0. The lowest BCUT2D eigenvalue weighted by atomic mass is 10.2. The predicted molar refractivity (Wildman–Crippen MR) is 61.2 cm³/mol. The molecule has 0 aromatic heterocycles. The highest BCUT2D eigenvalue weighted by molar-refractivity contribution is 7.89. The molecule has 1 aromatic carbocycles. The van der Waals surface area contributed by atoms with Crippen LogP contribution in [-0.2, 0) is 16.5 Å². The van der Waals surface area contributed by atoms with Gasteiger partial charge in [-0.15, -0.1) is 0 Å². The molecule has 0 aliphatic carbocycles. The molecule has 0 saturated heterocycles. The molecule has 0 aliphatic heterocycles. The molecule has 5 heteroatoms. The van der Waals surface area contributed by atoms with E-state index in [4.69, 9.17) is 9.52 Å². The molecule has 0 radical (unpaired) electrons. The number of rotatable bonds is 4. The van der Waals surface area contributed by atoms with Crippen LogP contribution in [0.2, 0.25) is 0 Å². The number of nitrogens with one attached hydrogen (secondary N) is 1. The molecule has 0 heterocycles. The first kappa shape index (κ1) is 12.0. The minimum absolute atomic E-state index is 0.503. The summed E-state index contributed by atoms with van der Waals surface area (Å²) in [6.07, 6.45) is 1.41. The molecule has 0 bridgehead atoms. The Hall–Kier alpha value is -1.07. The fraction of sp³-hybridized carbons (Fsp3) is 0.400. The molecule has 4 nitrogen and oxygen atoms in total. The zero-order chi connectivity index (χ0) is 11.5. The van der Waals surface area contributed by atoms with Crippen LogP contribution in [-0.4, -0.2) is 28.9 Å². The number of methoxy groups -OCH3 is 1. The summed E-state index contributed by atoms with van der Waals surface area (Å²) in [6.45, 7) is 0.503. The second-order valence-corrected chi connectivity index (χ2v) is 5.67. The smallest absolute Gasteiger partial charge is 0.118 e. The lowest BCUT2D eigenvalue weighted by Crippen LogP contribution is -2.23. The van der Waals surface area contributed by atoms with Crippen molar-refractivity contribution in [3.63, 3.8) is 0 Å². The van der Waals surface area contributed by atoms with Gasteiger partial charge in [0.25, 0.3) is 0 Å². The molecule has 1 atom stereocenters. The van der Waals surface area contributed by atoms with Crippen molar-refractivity contribution in [1.29, 1.82) is 4.78 Å². The van der Waals surface area contributed by atoms with Gasteiger partial charge in [-0.05, 0) is 17.7 Å².